The van der Waals surface area contributed by atoms with Gasteiger partial charge in [0.15, 0.2) is 0 Å². The summed E-state index contributed by atoms with van der Waals surface area (Å²) in [7, 11) is 0. The van der Waals surface area contributed by atoms with Gasteiger partial charge in [0.1, 0.15) is 6.07 Å². The van der Waals surface area contributed by atoms with Crippen LogP contribution in [0.4, 0.5) is 5.95 Å². The minimum atomic E-state index is 0.490. The van der Waals surface area contributed by atoms with Crippen LogP contribution in [0, 0.1) is 17.2 Å². The van der Waals surface area contributed by atoms with Gasteiger partial charge >= 0.3 is 0 Å². The van der Waals surface area contributed by atoms with Crippen LogP contribution >= 0.6 is 0 Å². The molecule has 0 radical (unpaired) electrons. The highest BCUT2D eigenvalue weighted by molar-refractivity contribution is 5.30. The van der Waals surface area contributed by atoms with Crippen LogP contribution in [0.1, 0.15) is 38.2 Å². The molecule has 0 aliphatic heterocycles. The lowest BCUT2D eigenvalue weighted by atomic mass is 9.87. The average Bonchev–Trinajstić information content (AvgIpc) is 2.33. The third kappa shape index (κ3) is 2.69. The van der Waals surface area contributed by atoms with Crippen molar-refractivity contribution >= 4 is 5.95 Å². The highest BCUT2D eigenvalue weighted by Crippen LogP contribution is 2.24. The van der Waals surface area contributed by atoms with Crippen LogP contribution in [-0.2, 0) is 0 Å². The van der Waals surface area contributed by atoms with Gasteiger partial charge in [0.25, 0.3) is 0 Å². The third-order valence-corrected chi connectivity index (χ3v) is 3.13. The van der Waals surface area contributed by atoms with Crippen LogP contribution in [0.15, 0.2) is 12.4 Å². The maximum Gasteiger partial charge on any atom is 0.222 e. The van der Waals surface area contributed by atoms with Crippen molar-refractivity contribution < 1.29 is 0 Å². The highest BCUT2D eigenvalue weighted by atomic mass is 15.1. The number of anilines is 1. The molecule has 1 aromatic heterocycles. The molecule has 0 saturated heterocycles. The van der Waals surface area contributed by atoms with Crippen LogP contribution < -0.4 is 5.32 Å². The molecule has 1 N–H and O–H groups in total. The van der Waals surface area contributed by atoms with E-state index in [-0.39, 0.29) is 0 Å². The van der Waals surface area contributed by atoms with Crippen molar-refractivity contribution in [3.63, 3.8) is 0 Å². The maximum atomic E-state index is 8.63. The molecule has 1 aliphatic rings. The lowest BCUT2D eigenvalue weighted by molar-refractivity contribution is 0.360. The number of nitrogens with zero attached hydrogens (tertiary/aromatic N) is 3. The second-order valence-corrected chi connectivity index (χ2v) is 4.51. The van der Waals surface area contributed by atoms with E-state index < -0.39 is 0 Å². The first-order valence-electron chi connectivity index (χ1n) is 5.76. The van der Waals surface area contributed by atoms with Gasteiger partial charge in [-0.3, -0.25) is 0 Å². The molecule has 0 bridgehead atoms. The zero-order valence-electron chi connectivity index (χ0n) is 9.48. The molecular formula is C12H16N4. The number of hydrogen-bond acceptors (Lipinski definition) is 4. The molecule has 0 amide bonds. The van der Waals surface area contributed by atoms with Crippen LogP contribution in [0.2, 0.25) is 0 Å². The molecule has 0 aromatic carbocycles. The quantitative estimate of drug-likeness (QED) is 0.824. The lowest BCUT2D eigenvalue weighted by Crippen LogP contribution is -2.26. The summed E-state index contributed by atoms with van der Waals surface area (Å²) in [4.78, 5) is 8.24. The van der Waals surface area contributed by atoms with Gasteiger partial charge in [-0.05, 0) is 31.6 Å². The Hall–Kier alpha value is -1.63. The zero-order chi connectivity index (χ0) is 11.4. The largest absolute Gasteiger partial charge is 0.351 e. The maximum absolute atomic E-state index is 8.63. The number of aromatic nitrogens is 2. The molecule has 1 fully saturated rings. The van der Waals surface area contributed by atoms with E-state index in [9.17, 15) is 0 Å². The van der Waals surface area contributed by atoms with Crippen molar-refractivity contribution in [1.29, 1.82) is 5.26 Å². The number of hydrogen-bond donors (Lipinski definition) is 1. The Morgan fingerprint density at radius 1 is 1.25 bits per heavy atom. The summed E-state index contributed by atoms with van der Waals surface area (Å²) in [5.74, 6) is 1.48. The van der Waals surface area contributed by atoms with Crippen LogP contribution in [0.3, 0.4) is 0 Å². The molecule has 84 valence electrons. The molecule has 4 heteroatoms. The first-order chi connectivity index (χ1) is 7.78. The standard InChI is InChI=1S/C12H16N4/c1-9-2-4-11(5-3-9)16-12-14-7-10(6-13)8-15-12/h7-9,11H,2-5H2,1H3,(H,14,15,16). The fraction of sp³-hybridized carbons (Fsp3) is 0.583. The molecule has 0 unspecified atom stereocenters. The van der Waals surface area contributed by atoms with Crippen LogP contribution in [-0.4, -0.2) is 16.0 Å². The Bertz CT molecular complexity index is 371. The van der Waals surface area contributed by atoms with Crippen molar-refractivity contribution in [1.82, 2.24) is 9.97 Å². The molecule has 1 aliphatic carbocycles. The smallest absolute Gasteiger partial charge is 0.222 e. The van der Waals surface area contributed by atoms with Crippen molar-refractivity contribution in [2.45, 2.75) is 38.6 Å². The van der Waals surface area contributed by atoms with Gasteiger partial charge in [-0.25, -0.2) is 9.97 Å². The summed E-state index contributed by atoms with van der Waals surface area (Å²) < 4.78 is 0. The van der Waals surface area contributed by atoms with E-state index >= 15 is 0 Å². The second kappa shape index (κ2) is 4.93. The van der Waals surface area contributed by atoms with Gasteiger partial charge in [0, 0.05) is 6.04 Å². The Morgan fingerprint density at radius 2 is 1.88 bits per heavy atom. The van der Waals surface area contributed by atoms with E-state index in [2.05, 4.69) is 22.2 Å². The Kier molecular flexibility index (Phi) is 3.35. The number of nitrogens with one attached hydrogen (secondary N) is 1. The van der Waals surface area contributed by atoms with E-state index in [4.69, 9.17) is 5.26 Å². The van der Waals surface area contributed by atoms with E-state index in [1.807, 2.05) is 6.07 Å². The van der Waals surface area contributed by atoms with Gasteiger partial charge < -0.3 is 5.32 Å². The average molecular weight is 216 g/mol. The van der Waals surface area contributed by atoms with Gasteiger partial charge in [-0.2, -0.15) is 5.26 Å². The number of nitriles is 1. The molecule has 1 saturated carbocycles. The third-order valence-electron chi connectivity index (χ3n) is 3.13. The minimum absolute atomic E-state index is 0.490. The first kappa shape index (κ1) is 10.9. The van der Waals surface area contributed by atoms with Crippen molar-refractivity contribution in [3.8, 4) is 6.07 Å². The van der Waals surface area contributed by atoms with E-state index in [0.29, 0.717) is 17.6 Å². The first-order valence-corrected chi connectivity index (χ1v) is 5.76. The van der Waals surface area contributed by atoms with E-state index in [0.717, 1.165) is 5.92 Å². The predicted molar refractivity (Wildman–Crippen MR) is 61.8 cm³/mol. The summed E-state index contributed by atoms with van der Waals surface area (Å²) in [6.45, 7) is 2.30. The van der Waals surface area contributed by atoms with Gasteiger partial charge in [0.05, 0.1) is 18.0 Å². The summed E-state index contributed by atoms with van der Waals surface area (Å²) in [6.07, 6.45) is 8.03. The Labute approximate surface area is 95.7 Å². The molecule has 2 rings (SSSR count). The minimum Gasteiger partial charge on any atom is -0.351 e. The summed E-state index contributed by atoms with van der Waals surface area (Å²) in [5.41, 5.74) is 0.503. The summed E-state index contributed by atoms with van der Waals surface area (Å²) in [6, 6.07) is 2.50. The molecule has 1 aromatic rings. The topological polar surface area (TPSA) is 61.6 Å². The molecule has 4 nitrogen and oxygen atoms in total. The van der Waals surface area contributed by atoms with Gasteiger partial charge in [0.2, 0.25) is 5.95 Å². The molecular weight excluding hydrogens is 200 g/mol. The normalized spacial score (nSPS) is 24.8. The van der Waals surface area contributed by atoms with Gasteiger partial charge in [-0.1, -0.05) is 6.92 Å². The predicted octanol–water partition coefficient (Wildman–Crippen LogP) is 2.34. The van der Waals surface area contributed by atoms with Crippen molar-refractivity contribution in [2.24, 2.45) is 5.92 Å². The fourth-order valence-electron chi connectivity index (χ4n) is 2.05. The number of rotatable bonds is 2. The van der Waals surface area contributed by atoms with E-state index in [1.54, 1.807) is 12.4 Å². The molecule has 0 atom stereocenters. The SMILES string of the molecule is CC1CCC(Nc2ncc(C#N)cn2)CC1. The Balaban J connectivity index is 1.91. The molecule has 0 spiro atoms. The zero-order valence-corrected chi connectivity index (χ0v) is 9.48. The Morgan fingerprint density at radius 3 is 2.44 bits per heavy atom. The van der Waals surface area contributed by atoms with Gasteiger partial charge in [-0.15, -0.1) is 0 Å². The molecule has 1 heterocycles. The van der Waals surface area contributed by atoms with Crippen LogP contribution in [0.25, 0.3) is 0 Å². The van der Waals surface area contributed by atoms with E-state index in [1.165, 1.54) is 25.7 Å². The summed E-state index contributed by atoms with van der Waals surface area (Å²) in [5, 5.41) is 11.9. The lowest BCUT2D eigenvalue weighted by Gasteiger charge is -2.26. The highest BCUT2D eigenvalue weighted by Gasteiger charge is 2.18. The fourth-order valence-corrected chi connectivity index (χ4v) is 2.05. The van der Waals surface area contributed by atoms with Crippen molar-refractivity contribution in [2.75, 3.05) is 5.32 Å². The second-order valence-electron chi connectivity index (χ2n) is 4.51. The monoisotopic (exact) mass is 216 g/mol. The molecule has 16 heavy (non-hydrogen) atoms. The summed E-state index contributed by atoms with van der Waals surface area (Å²) >= 11 is 0. The van der Waals surface area contributed by atoms with Crippen molar-refractivity contribution in [3.05, 3.63) is 18.0 Å². The van der Waals surface area contributed by atoms with Crippen LogP contribution in [0.5, 0.6) is 0 Å².